The van der Waals surface area contributed by atoms with Gasteiger partial charge in [-0.3, -0.25) is 9.69 Å². The van der Waals surface area contributed by atoms with Crippen LogP contribution in [0.4, 0.5) is 26.7 Å². The molecule has 3 N–H and O–H groups in total. The molecule has 2 aliphatic heterocycles. The van der Waals surface area contributed by atoms with Crippen LogP contribution in [0.3, 0.4) is 0 Å². The van der Waals surface area contributed by atoms with E-state index in [1.807, 2.05) is 0 Å². The number of carbonyl (C=O) groups excluding carboxylic acids is 2. The van der Waals surface area contributed by atoms with E-state index in [0.29, 0.717) is 12.8 Å². The lowest BCUT2D eigenvalue weighted by molar-refractivity contribution is -0.156. The maximum Gasteiger partial charge on any atom is 0.401 e. The lowest BCUT2D eigenvalue weighted by atomic mass is 9.89. The number of hydrogen-bond donors (Lipinski definition) is 2. The zero-order valence-electron chi connectivity index (χ0n) is 15.7. The number of benzene rings is 1. The molecule has 1 aromatic carbocycles. The van der Waals surface area contributed by atoms with Crippen molar-refractivity contribution in [1.82, 2.24) is 15.1 Å². The minimum atomic E-state index is -4.51. The summed E-state index contributed by atoms with van der Waals surface area (Å²) in [6.45, 7) is -1.42. The molecule has 1 aromatic rings. The summed E-state index contributed by atoms with van der Waals surface area (Å²) >= 11 is 5.69. The number of amides is 3. The number of halogens is 6. The maximum absolute atomic E-state index is 14.9. The van der Waals surface area contributed by atoms with Crippen molar-refractivity contribution < 1.29 is 31.5 Å². The van der Waals surface area contributed by atoms with Gasteiger partial charge in [-0.05, 0) is 25.5 Å². The van der Waals surface area contributed by atoms with Crippen LogP contribution < -0.4 is 11.1 Å². The minimum absolute atomic E-state index is 0.0892. The Hall–Kier alpha value is -2.14. The Kier molecular flexibility index (Phi) is 6.42. The van der Waals surface area contributed by atoms with E-state index in [9.17, 15) is 31.5 Å². The van der Waals surface area contributed by atoms with E-state index in [2.05, 4.69) is 5.32 Å². The molecule has 0 radical (unpaired) electrons. The fraction of sp³-hybridized carbons (Fsp3) is 0.556. The molecule has 2 heterocycles. The molecule has 2 aliphatic rings. The molecule has 0 aromatic heterocycles. The first kappa shape index (κ1) is 22.5. The van der Waals surface area contributed by atoms with Crippen molar-refractivity contribution in [1.29, 1.82) is 0 Å². The Bertz CT molecular complexity index is 838. The molecular weight excluding hydrogens is 435 g/mol. The molecule has 2 fully saturated rings. The highest BCUT2D eigenvalue weighted by molar-refractivity contribution is 6.31. The number of hydrogen-bond acceptors (Lipinski definition) is 3. The second kappa shape index (κ2) is 8.54. The van der Waals surface area contributed by atoms with Crippen LogP contribution in [0.25, 0.3) is 0 Å². The second-order valence-corrected chi connectivity index (χ2v) is 7.79. The summed E-state index contributed by atoms with van der Waals surface area (Å²) in [5.41, 5.74) is 5.02. The number of nitrogens with zero attached hydrogens (tertiary/aromatic N) is 2. The van der Waals surface area contributed by atoms with Crippen LogP contribution in [0.15, 0.2) is 12.1 Å². The molecule has 3 amide bonds. The standard InChI is InChI=1S/C18H20ClF5N4O2/c19-13-10(20)5-4-9(14(13)21)15(28-7-11(16(25)29)26-17(28)30)12-3-1-2-6-27(12)8-18(22,23)24/h4-5,11-12,15H,1-3,6-8H2,(H2,25,29)(H,26,30)/t11?,12-,15-/m0/s1. The zero-order chi connectivity index (χ0) is 22.2. The van der Waals surface area contributed by atoms with Gasteiger partial charge in [-0.15, -0.1) is 0 Å². The summed E-state index contributed by atoms with van der Waals surface area (Å²) in [6, 6.07) is -2.06. The Morgan fingerprint density at radius 1 is 1.30 bits per heavy atom. The molecule has 166 valence electrons. The van der Waals surface area contributed by atoms with Crippen molar-refractivity contribution in [2.45, 2.75) is 43.6 Å². The summed E-state index contributed by atoms with van der Waals surface area (Å²) in [6.07, 6.45) is -3.22. The molecule has 6 nitrogen and oxygen atoms in total. The van der Waals surface area contributed by atoms with Crippen LogP contribution in [0.2, 0.25) is 5.02 Å². The van der Waals surface area contributed by atoms with E-state index in [-0.39, 0.29) is 25.1 Å². The third-order valence-corrected chi connectivity index (χ3v) is 5.76. The Morgan fingerprint density at radius 3 is 2.60 bits per heavy atom. The van der Waals surface area contributed by atoms with Crippen LogP contribution in [0.5, 0.6) is 0 Å². The SMILES string of the molecule is NC(=O)C1CN([C@@H](c2ccc(F)c(Cl)c2F)[C@@H]2CCCCN2CC(F)(F)F)C(=O)N1. The van der Waals surface area contributed by atoms with Crippen molar-refractivity contribution in [3.63, 3.8) is 0 Å². The number of nitrogens with one attached hydrogen (secondary N) is 1. The van der Waals surface area contributed by atoms with Crippen molar-refractivity contribution in [2.75, 3.05) is 19.6 Å². The summed E-state index contributed by atoms with van der Waals surface area (Å²) in [5.74, 6) is -3.03. The maximum atomic E-state index is 14.9. The van der Waals surface area contributed by atoms with Gasteiger partial charge >= 0.3 is 12.2 Å². The van der Waals surface area contributed by atoms with E-state index in [1.54, 1.807) is 0 Å². The molecule has 1 unspecified atom stereocenters. The Balaban J connectivity index is 2.06. The van der Waals surface area contributed by atoms with Gasteiger partial charge < -0.3 is 16.0 Å². The molecule has 0 saturated carbocycles. The van der Waals surface area contributed by atoms with Crippen molar-refractivity contribution >= 4 is 23.5 Å². The molecule has 0 spiro atoms. The van der Waals surface area contributed by atoms with Crippen LogP contribution >= 0.6 is 11.6 Å². The number of rotatable bonds is 5. The number of carbonyl (C=O) groups is 2. The predicted octanol–water partition coefficient (Wildman–Crippen LogP) is 2.96. The van der Waals surface area contributed by atoms with E-state index < -0.39 is 59.4 Å². The normalized spacial score (nSPS) is 24.1. The third kappa shape index (κ3) is 4.61. The highest BCUT2D eigenvalue weighted by Crippen LogP contribution is 2.39. The predicted molar refractivity (Wildman–Crippen MR) is 97.6 cm³/mol. The van der Waals surface area contributed by atoms with Gasteiger partial charge in [0.25, 0.3) is 0 Å². The minimum Gasteiger partial charge on any atom is -0.368 e. The number of piperidine rings is 1. The fourth-order valence-electron chi connectivity index (χ4n) is 4.11. The topological polar surface area (TPSA) is 78.7 Å². The zero-order valence-corrected chi connectivity index (χ0v) is 16.4. The number of urea groups is 1. The lowest BCUT2D eigenvalue weighted by Gasteiger charge is -2.43. The van der Waals surface area contributed by atoms with Gasteiger partial charge in [0, 0.05) is 11.6 Å². The largest absolute Gasteiger partial charge is 0.401 e. The highest BCUT2D eigenvalue weighted by atomic mass is 35.5. The summed E-state index contributed by atoms with van der Waals surface area (Å²) in [5, 5.41) is 1.53. The summed E-state index contributed by atoms with van der Waals surface area (Å²) in [4.78, 5) is 26.3. The van der Waals surface area contributed by atoms with Gasteiger partial charge in [-0.1, -0.05) is 24.1 Å². The van der Waals surface area contributed by atoms with Crippen LogP contribution in [-0.2, 0) is 4.79 Å². The second-order valence-electron chi connectivity index (χ2n) is 7.42. The average molecular weight is 455 g/mol. The smallest absolute Gasteiger partial charge is 0.368 e. The quantitative estimate of drug-likeness (QED) is 0.530. The Morgan fingerprint density at radius 2 is 2.00 bits per heavy atom. The van der Waals surface area contributed by atoms with E-state index >= 15 is 0 Å². The van der Waals surface area contributed by atoms with Gasteiger partial charge in [-0.2, -0.15) is 13.2 Å². The van der Waals surface area contributed by atoms with Crippen molar-refractivity contribution in [3.05, 3.63) is 34.4 Å². The monoisotopic (exact) mass is 454 g/mol. The van der Waals surface area contributed by atoms with Crippen molar-refractivity contribution in [2.24, 2.45) is 5.73 Å². The van der Waals surface area contributed by atoms with E-state index in [0.717, 1.165) is 21.9 Å². The van der Waals surface area contributed by atoms with Gasteiger partial charge in [0.05, 0.1) is 19.1 Å². The van der Waals surface area contributed by atoms with Crippen LogP contribution in [0, 0.1) is 11.6 Å². The first-order chi connectivity index (χ1) is 14.0. The number of alkyl halides is 3. The Labute approximate surface area is 174 Å². The molecule has 12 heteroatoms. The van der Waals surface area contributed by atoms with Gasteiger partial charge in [-0.25, -0.2) is 13.6 Å². The molecule has 0 aliphatic carbocycles. The first-order valence-electron chi connectivity index (χ1n) is 9.30. The summed E-state index contributed by atoms with van der Waals surface area (Å²) < 4.78 is 68.1. The molecule has 30 heavy (non-hydrogen) atoms. The fourth-order valence-corrected chi connectivity index (χ4v) is 4.28. The number of likely N-dealkylation sites (tertiary alicyclic amines) is 1. The third-order valence-electron chi connectivity index (χ3n) is 5.41. The lowest BCUT2D eigenvalue weighted by Crippen LogP contribution is -2.52. The van der Waals surface area contributed by atoms with Gasteiger partial charge in [0.2, 0.25) is 5.91 Å². The van der Waals surface area contributed by atoms with Crippen molar-refractivity contribution in [3.8, 4) is 0 Å². The van der Waals surface area contributed by atoms with Crippen LogP contribution in [0.1, 0.15) is 30.9 Å². The van der Waals surface area contributed by atoms with E-state index in [4.69, 9.17) is 17.3 Å². The van der Waals surface area contributed by atoms with Crippen LogP contribution in [-0.4, -0.2) is 59.6 Å². The molecular formula is C18H20ClF5N4O2. The molecule has 3 atom stereocenters. The van der Waals surface area contributed by atoms with Gasteiger partial charge in [0.1, 0.15) is 22.7 Å². The first-order valence-corrected chi connectivity index (χ1v) is 9.68. The summed E-state index contributed by atoms with van der Waals surface area (Å²) in [7, 11) is 0. The number of primary amides is 1. The highest BCUT2D eigenvalue weighted by Gasteiger charge is 2.46. The molecule has 2 saturated heterocycles. The van der Waals surface area contributed by atoms with E-state index in [1.165, 1.54) is 0 Å². The van der Waals surface area contributed by atoms with Gasteiger partial charge in [0.15, 0.2) is 0 Å². The molecule has 0 bridgehead atoms. The number of nitrogens with two attached hydrogens (primary N) is 1. The molecule has 3 rings (SSSR count). The average Bonchev–Trinajstić information content (AvgIpc) is 3.04.